The first kappa shape index (κ1) is 16.1. The van der Waals surface area contributed by atoms with Crippen LogP contribution in [-0.2, 0) is 14.3 Å². The molecule has 0 saturated carbocycles. The van der Waals surface area contributed by atoms with Gasteiger partial charge in [0.2, 0.25) is 5.91 Å². The van der Waals surface area contributed by atoms with Gasteiger partial charge in [-0.1, -0.05) is 0 Å². The lowest BCUT2D eigenvalue weighted by molar-refractivity contribution is -0.117. The zero-order valence-electron chi connectivity index (χ0n) is 11.3. The summed E-state index contributed by atoms with van der Waals surface area (Å²) in [5.74, 6) is -1.84. The minimum absolute atomic E-state index is 0.0696. The predicted molar refractivity (Wildman–Crippen MR) is 70.8 cm³/mol. The van der Waals surface area contributed by atoms with Crippen LogP contribution < -0.4 is 11.1 Å². The van der Waals surface area contributed by atoms with Crippen LogP contribution in [0.25, 0.3) is 0 Å². The van der Waals surface area contributed by atoms with Crippen LogP contribution in [-0.4, -0.2) is 38.7 Å². The van der Waals surface area contributed by atoms with Crippen molar-refractivity contribution in [1.82, 2.24) is 0 Å². The summed E-state index contributed by atoms with van der Waals surface area (Å²) < 4.78 is 22.5. The van der Waals surface area contributed by atoms with Gasteiger partial charge in [0.15, 0.2) is 0 Å². The molecule has 110 valence electrons. The Kier molecular flexibility index (Phi) is 6.08. The van der Waals surface area contributed by atoms with Crippen molar-refractivity contribution < 1.29 is 23.5 Å². The summed E-state index contributed by atoms with van der Waals surface area (Å²) in [6, 6.07) is 2.61. The fraction of sp³-hybridized carbons (Fsp3) is 0.385. The van der Waals surface area contributed by atoms with E-state index in [2.05, 4.69) is 10.1 Å². The maximum Gasteiger partial charge on any atom is 0.340 e. The van der Waals surface area contributed by atoms with Gasteiger partial charge in [-0.15, -0.1) is 0 Å². The Labute approximate surface area is 116 Å². The smallest absolute Gasteiger partial charge is 0.340 e. The lowest BCUT2D eigenvalue weighted by atomic mass is 10.1. The number of hydrogen-bond acceptors (Lipinski definition) is 5. The molecule has 0 aromatic heterocycles. The molecule has 0 fully saturated rings. The standard InChI is InChI=1S/C13H17FN2O4/c1-19-6-5-10(15)12(17)16-11-4-3-8(14)7-9(11)13(18)20-2/h3-4,7,10H,5-6,15H2,1-2H3,(H,16,17). The highest BCUT2D eigenvalue weighted by Crippen LogP contribution is 2.18. The molecule has 0 aliphatic rings. The second-order valence-electron chi connectivity index (χ2n) is 4.06. The van der Waals surface area contributed by atoms with E-state index in [1.807, 2.05) is 0 Å². The van der Waals surface area contributed by atoms with Crippen molar-refractivity contribution in [2.75, 3.05) is 26.1 Å². The van der Waals surface area contributed by atoms with E-state index in [-0.39, 0.29) is 11.3 Å². The SMILES string of the molecule is COCCC(N)C(=O)Nc1ccc(F)cc1C(=O)OC. The van der Waals surface area contributed by atoms with E-state index in [0.717, 1.165) is 12.1 Å². The summed E-state index contributed by atoms with van der Waals surface area (Å²) >= 11 is 0. The number of methoxy groups -OCH3 is 2. The van der Waals surface area contributed by atoms with Gasteiger partial charge in [0, 0.05) is 13.7 Å². The summed E-state index contributed by atoms with van der Waals surface area (Å²) in [4.78, 5) is 23.3. The van der Waals surface area contributed by atoms with Crippen molar-refractivity contribution in [3.8, 4) is 0 Å². The number of halogens is 1. The molecule has 1 unspecified atom stereocenters. The first-order chi connectivity index (χ1) is 9.49. The van der Waals surface area contributed by atoms with Gasteiger partial charge < -0.3 is 20.5 Å². The Balaban J connectivity index is 2.86. The number of hydrogen-bond donors (Lipinski definition) is 2. The molecule has 20 heavy (non-hydrogen) atoms. The largest absolute Gasteiger partial charge is 0.465 e. The van der Waals surface area contributed by atoms with E-state index < -0.39 is 23.7 Å². The molecule has 0 spiro atoms. The van der Waals surface area contributed by atoms with Gasteiger partial charge in [-0.05, 0) is 24.6 Å². The highest BCUT2D eigenvalue weighted by atomic mass is 19.1. The molecule has 0 aliphatic carbocycles. The maximum atomic E-state index is 13.1. The molecule has 0 radical (unpaired) electrons. The Bertz CT molecular complexity index is 493. The normalized spacial score (nSPS) is 11.8. The zero-order valence-corrected chi connectivity index (χ0v) is 11.3. The highest BCUT2D eigenvalue weighted by molar-refractivity contribution is 6.02. The molecule has 0 bridgehead atoms. The fourth-order valence-electron chi connectivity index (χ4n) is 1.51. The molecule has 0 heterocycles. The second kappa shape index (κ2) is 7.56. The van der Waals surface area contributed by atoms with E-state index in [9.17, 15) is 14.0 Å². The van der Waals surface area contributed by atoms with E-state index >= 15 is 0 Å². The van der Waals surface area contributed by atoms with Crippen LogP contribution in [0.3, 0.4) is 0 Å². The Morgan fingerprint density at radius 1 is 1.40 bits per heavy atom. The summed E-state index contributed by atoms with van der Waals surface area (Å²) in [6.45, 7) is 0.335. The van der Waals surface area contributed by atoms with Crippen molar-refractivity contribution in [3.05, 3.63) is 29.6 Å². The fourth-order valence-corrected chi connectivity index (χ4v) is 1.51. The van der Waals surface area contributed by atoms with Gasteiger partial charge in [-0.2, -0.15) is 0 Å². The van der Waals surface area contributed by atoms with Crippen molar-refractivity contribution in [1.29, 1.82) is 0 Å². The average molecular weight is 284 g/mol. The Morgan fingerprint density at radius 3 is 2.70 bits per heavy atom. The van der Waals surface area contributed by atoms with Crippen LogP contribution in [0.2, 0.25) is 0 Å². The van der Waals surface area contributed by atoms with Gasteiger partial charge in [-0.3, -0.25) is 4.79 Å². The monoisotopic (exact) mass is 284 g/mol. The number of benzene rings is 1. The lowest BCUT2D eigenvalue weighted by Gasteiger charge is -2.14. The third-order valence-electron chi connectivity index (χ3n) is 2.61. The second-order valence-corrected chi connectivity index (χ2v) is 4.06. The van der Waals surface area contributed by atoms with Crippen molar-refractivity contribution >= 4 is 17.6 Å². The molecule has 6 nitrogen and oxygen atoms in total. The molecule has 3 N–H and O–H groups in total. The summed E-state index contributed by atoms with van der Waals surface area (Å²) in [5.41, 5.74) is 5.74. The van der Waals surface area contributed by atoms with Crippen LogP contribution in [0, 0.1) is 5.82 Å². The van der Waals surface area contributed by atoms with Crippen molar-refractivity contribution in [2.24, 2.45) is 5.73 Å². The molecule has 1 aromatic carbocycles. The summed E-state index contributed by atoms with van der Waals surface area (Å²) in [5, 5.41) is 2.47. The minimum Gasteiger partial charge on any atom is -0.465 e. The van der Waals surface area contributed by atoms with Gasteiger partial charge in [0.05, 0.1) is 24.4 Å². The van der Waals surface area contributed by atoms with E-state index in [1.165, 1.54) is 20.3 Å². The number of nitrogens with one attached hydrogen (secondary N) is 1. The van der Waals surface area contributed by atoms with Crippen LogP contribution in [0.15, 0.2) is 18.2 Å². The topological polar surface area (TPSA) is 90.6 Å². The first-order valence-electron chi connectivity index (χ1n) is 5.92. The number of carbonyl (C=O) groups excluding carboxylic acids is 2. The summed E-state index contributed by atoms with van der Waals surface area (Å²) in [6.07, 6.45) is 0.330. The molecule has 1 atom stereocenters. The number of rotatable bonds is 6. The molecule has 0 aliphatic heterocycles. The Morgan fingerprint density at radius 2 is 2.10 bits per heavy atom. The first-order valence-corrected chi connectivity index (χ1v) is 5.92. The molecule has 1 aromatic rings. The molecular weight excluding hydrogens is 267 g/mol. The average Bonchev–Trinajstić information content (AvgIpc) is 2.45. The van der Waals surface area contributed by atoms with Crippen LogP contribution in [0.4, 0.5) is 10.1 Å². The minimum atomic E-state index is -0.787. The third kappa shape index (κ3) is 4.29. The lowest BCUT2D eigenvalue weighted by Crippen LogP contribution is -2.36. The van der Waals surface area contributed by atoms with Crippen molar-refractivity contribution in [3.63, 3.8) is 0 Å². The predicted octanol–water partition coefficient (Wildman–Crippen LogP) is 0.915. The van der Waals surface area contributed by atoms with Crippen LogP contribution >= 0.6 is 0 Å². The van der Waals surface area contributed by atoms with Gasteiger partial charge >= 0.3 is 5.97 Å². The number of anilines is 1. The molecule has 7 heteroatoms. The number of esters is 1. The maximum absolute atomic E-state index is 13.1. The van der Waals surface area contributed by atoms with Crippen LogP contribution in [0.1, 0.15) is 16.8 Å². The quantitative estimate of drug-likeness (QED) is 0.758. The molecule has 1 amide bonds. The number of ether oxygens (including phenoxy) is 2. The Hall–Kier alpha value is -1.99. The molecule has 1 rings (SSSR count). The summed E-state index contributed by atoms with van der Waals surface area (Å²) in [7, 11) is 2.67. The number of carbonyl (C=O) groups is 2. The molecular formula is C13H17FN2O4. The zero-order chi connectivity index (χ0) is 15.1. The van der Waals surface area contributed by atoms with Gasteiger partial charge in [0.1, 0.15) is 5.82 Å². The van der Waals surface area contributed by atoms with E-state index in [4.69, 9.17) is 10.5 Å². The third-order valence-corrected chi connectivity index (χ3v) is 2.61. The number of nitrogens with two attached hydrogens (primary N) is 1. The van der Waals surface area contributed by atoms with E-state index in [1.54, 1.807) is 0 Å². The van der Waals surface area contributed by atoms with Gasteiger partial charge in [0.25, 0.3) is 0 Å². The molecule has 0 saturated heterocycles. The van der Waals surface area contributed by atoms with Gasteiger partial charge in [-0.25, -0.2) is 9.18 Å². The van der Waals surface area contributed by atoms with Crippen molar-refractivity contribution in [2.45, 2.75) is 12.5 Å². The number of amides is 1. The van der Waals surface area contributed by atoms with E-state index in [0.29, 0.717) is 13.0 Å². The highest BCUT2D eigenvalue weighted by Gasteiger charge is 2.18. The van der Waals surface area contributed by atoms with Crippen LogP contribution in [0.5, 0.6) is 0 Å².